The lowest BCUT2D eigenvalue weighted by atomic mass is 9.94. The number of amides is 7. The van der Waals surface area contributed by atoms with Gasteiger partial charge in [0.2, 0.25) is 41.4 Å². The maximum Gasteiger partial charge on any atom is 0.326 e. The second-order valence-electron chi connectivity index (χ2n) is 15.4. The molecule has 2 saturated heterocycles. The van der Waals surface area contributed by atoms with E-state index in [-0.39, 0.29) is 25.8 Å². The van der Waals surface area contributed by atoms with Crippen LogP contribution in [0.15, 0.2) is 0 Å². The van der Waals surface area contributed by atoms with Crippen LogP contribution < -0.4 is 43.4 Å². The lowest BCUT2D eigenvalue weighted by molar-refractivity contribution is -0.333. The summed E-state index contributed by atoms with van der Waals surface area (Å²) < 4.78 is 23.1. The predicted molar refractivity (Wildman–Crippen MR) is 215 cm³/mol. The number of carboxylic acids is 2. The van der Waals surface area contributed by atoms with Gasteiger partial charge in [-0.15, -0.1) is 0 Å². The zero-order chi connectivity index (χ0) is 49.3. The van der Waals surface area contributed by atoms with Crippen LogP contribution in [0.25, 0.3) is 0 Å². The fourth-order valence-electron chi connectivity index (χ4n) is 6.66. The Kier molecular flexibility index (Phi) is 23.0. The summed E-state index contributed by atoms with van der Waals surface area (Å²) in [7, 11) is 0. The van der Waals surface area contributed by atoms with Gasteiger partial charge in [0.1, 0.15) is 79.0 Å². The summed E-state index contributed by atoms with van der Waals surface area (Å²) in [5.74, 6) is -8.61. The molecule has 0 aromatic heterocycles. The topological polar surface area (TPSA) is 456 Å². The second kappa shape index (κ2) is 26.7. The molecule has 65 heavy (non-hydrogen) atoms. The fraction of sp³-hybridized carbons (Fsp3) is 0.757. The minimum absolute atomic E-state index is 0.0617. The minimum Gasteiger partial charge on any atom is -0.480 e. The summed E-state index contributed by atoms with van der Waals surface area (Å²) in [5.41, 5.74) is 10.7. The van der Waals surface area contributed by atoms with Crippen molar-refractivity contribution in [2.45, 2.75) is 158 Å². The zero-order valence-corrected chi connectivity index (χ0v) is 36.1. The van der Waals surface area contributed by atoms with E-state index in [1.165, 1.54) is 13.8 Å². The van der Waals surface area contributed by atoms with E-state index in [0.29, 0.717) is 0 Å². The number of unbranched alkanes of at least 4 members (excludes halogenated alkanes) is 1. The summed E-state index contributed by atoms with van der Waals surface area (Å²) in [6.07, 6.45) is -15.7. The molecule has 2 heterocycles. The number of primary amides is 1. The van der Waals surface area contributed by atoms with Gasteiger partial charge in [-0.3, -0.25) is 38.4 Å². The highest BCUT2D eigenvalue weighted by Crippen LogP contribution is 2.31. The van der Waals surface area contributed by atoms with Gasteiger partial charge in [-0.05, 0) is 39.5 Å². The number of hydrogen-bond acceptors (Lipinski definition) is 19. The highest BCUT2D eigenvalue weighted by atomic mass is 16.7. The molecule has 370 valence electrons. The van der Waals surface area contributed by atoms with Crippen molar-refractivity contribution in [1.82, 2.24) is 31.9 Å². The molecule has 2 rings (SSSR count). The zero-order valence-electron chi connectivity index (χ0n) is 36.1. The average molecular weight is 939 g/mol. The molecule has 2 aliphatic rings. The van der Waals surface area contributed by atoms with Gasteiger partial charge in [-0.1, -0.05) is 0 Å². The van der Waals surface area contributed by atoms with E-state index >= 15 is 0 Å². The molecule has 7 amide bonds. The van der Waals surface area contributed by atoms with Crippen molar-refractivity contribution in [1.29, 1.82) is 0 Å². The summed E-state index contributed by atoms with van der Waals surface area (Å²) in [4.78, 5) is 110. The second-order valence-corrected chi connectivity index (χ2v) is 15.4. The molecule has 0 bridgehead atoms. The van der Waals surface area contributed by atoms with Gasteiger partial charge in [0, 0.05) is 26.8 Å². The third-order valence-electron chi connectivity index (χ3n) is 10.2. The first-order chi connectivity index (χ1) is 30.4. The lowest BCUT2D eigenvalue weighted by Gasteiger charge is -2.48. The maximum absolute atomic E-state index is 13.4. The van der Waals surface area contributed by atoms with Gasteiger partial charge in [0.25, 0.3) is 0 Å². The molecule has 2 fully saturated rings. The molecular formula is C37H62N8O20. The standard InChI is InChI=1S/C37H62N8O20/c1-14(32(55)45-19(31(39)54)8-9-23(50)44-20(35(59)60)7-5-6-10-40-24(51)11-18(38)34(57)58)41-33(56)15(2)62-30-26(43-17(4)49)36(61)63-22(13-47)29(30)65-37-25(42-16(3)48)28(53)27(52)21(12-46)64-37/h14-15,18-22,25-30,36-37,46-47,52-53,61H,5-13,38H2,1-4H3,(H2,39,54)(H,40,51)(H,41,56)(H,42,48)(H,43,49)(H,44,50)(H,45,55)(H,57,58)(H,59,60). The Morgan fingerprint density at radius 2 is 1.32 bits per heavy atom. The largest absolute Gasteiger partial charge is 0.480 e. The van der Waals surface area contributed by atoms with E-state index in [9.17, 15) is 73.8 Å². The lowest BCUT2D eigenvalue weighted by Crippen LogP contribution is -2.70. The SMILES string of the molecule is CC(=O)NC1C(OC2C(CO)OC(O)C(NC(C)=O)C2OC(C)C(=O)NC(C)C(=O)NC(CCC(=O)NC(CCCCNC(=O)CC(N)C(=O)O)C(=O)O)C(N)=O)OC(CO)C(O)C1O. The molecule has 0 aromatic carbocycles. The van der Waals surface area contributed by atoms with Gasteiger partial charge in [0.15, 0.2) is 12.6 Å². The number of carbonyl (C=O) groups is 9. The van der Waals surface area contributed by atoms with Crippen LogP contribution in [0.1, 0.15) is 66.2 Å². The molecule has 2 aliphatic heterocycles. The molecule has 0 saturated carbocycles. The van der Waals surface area contributed by atoms with Crippen molar-refractivity contribution in [3.05, 3.63) is 0 Å². The summed E-state index contributed by atoms with van der Waals surface area (Å²) >= 11 is 0. The van der Waals surface area contributed by atoms with Crippen LogP contribution in [0.3, 0.4) is 0 Å². The molecule has 0 aliphatic carbocycles. The monoisotopic (exact) mass is 938 g/mol. The van der Waals surface area contributed by atoms with Crippen LogP contribution in [0, 0.1) is 0 Å². The molecule has 28 nitrogen and oxygen atoms in total. The molecule has 0 radical (unpaired) electrons. The average Bonchev–Trinajstić information content (AvgIpc) is 3.22. The van der Waals surface area contributed by atoms with Crippen molar-refractivity contribution < 1.29 is 97.8 Å². The number of hydrogen-bond donors (Lipinski definition) is 15. The number of carbonyl (C=O) groups excluding carboxylic acids is 7. The quantitative estimate of drug-likeness (QED) is 0.0358. The van der Waals surface area contributed by atoms with E-state index in [2.05, 4.69) is 31.9 Å². The molecule has 0 aromatic rings. The van der Waals surface area contributed by atoms with Crippen LogP contribution in [0.2, 0.25) is 0 Å². The Bertz CT molecular complexity index is 1680. The first kappa shape index (κ1) is 56.0. The van der Waals surface area contributed by atoms with Crippen molar-refractivity contribution in [3.63, 3.8) is 0 Å². The predicted octanol–water partition coefficient (Wildman–Crippen LogP) is -7.78. The number of aliphatic hydroxyl groups is 5. The van der Waals surface area contributed by atoms with E-state index in [1.54, 1.807) is 0 Å². The third kappa shape index (κ3) is 17.6. The van der Waals surface area contributed by atoms with Crippen LogP contribution in [0.4, 0.5) is 0 Å². The van der Waals surface area contributed by atoms with Crippen molar-refractivity contribution in [2.75, 3.05) is 19.8 Å². The smallest absolute Gasteiger partial charge is 0.326 e. The normalized spacial score (nSPS) is 27.6. The summed E-state index contributed by atoms with van der Waals surface area (Å²) in [5, 5.41) is 84.6. The number of ether oxygens (including phenoxy) is 4. The Morgan fingerprint density at radius 3 is 1.88 bits per heavy atom. The van der Waals surface area contributed by atoms with Gasteiger partial charge < -0.3 is 98.1 Å². The highest BCUT2D eigenvalue weighted by Gasteiger charge is 2.53. The van der Waals surface area contributed by atoms with E-state index < -0.39 is 177 Å². The van der Waals surface area contributed by atoms with Crippen LogP contribution in [-0.2, 0) is 62.1 Å². The number of aliphatic hydroxyl groups excluding tert-OH is 5. The third-order valence-corrected chi connectivity index (χ3v) is 10.2. The Balaban J connectivity index is 2.10. The fourth-order valence-corrected chi connectivity index (χ4v) is 6.66. The maximum atomic E-state index is 13.4. The number of rotatable bonds is 26. The molecule has 28 heteroatoms. The molecule has 15 atom stereocenters. The molecular weight excluding hydrogens is 876 g/mol. The minimum atomic E-state index is -1.88. The van der Waals surface area contributed by atoms with Crippen LogP contribution >= 0.6 is 0 Å². The number of aliphatic carboxylic acids is 2. The number of nitrogens with one attached hydrogen (secondary N) is 6. The molecule has 15 unspecified atom stereocenters. The van der Waals surface area contributed by atoms with Crippen LogP contribution in [-0.4, -0.2) is 200 Å². The van der Waals surface area contributed by atoms with Crippen molar-refractivity contribution in [3.8, 4) is 0 Å². The van der Waals surface area contributed by atoms with Gasteiger partial charge in [-0.2, -0.15) is 0 Å². The molecule has 17 N–H and O–H groups in total. The number of nitrogens with two attached hydrogens (primary N) is 2. The summed E-state index contributed by atoms with van der Waals surface area (Å²) in [6.45, 7) is 2.97. The van der Waals surface area contributed by atoms with Crippen LogP contribution in [0.5, 0.6) is 0 Å². The Morgan fingerprint density at radius 1 is 0.708 bits per heavy atom. The highest BCUT2D eigenvalue weighted by molar-refractivity contribution is 5.92. The van der Waals surface area contributed by atoms with Crippen molar-refractivity contribution >= 4 is 53.3 Å². The number of carboxylic acid groups (broad SMARTS) is 2. The summed E-state index contributed by atoms with van der Waals surface area (Å²) in [6, 6.07) is -8.67. The Hall–Kier alpha value is -5.17. The van der Waals surface area contributed by atoms with Gasteiger partial charge in [0.05, 0.1) is 19.6 Å². The van der Waals surface area contributed by atoms with E-state index in [1.807, 2.05) is 0 Å². The first-order valence-corrected chi connectivity index (χ1v) is 20.5. The molecule has 0 spiro atoms. The Labute approximate surface area is 371 Å². The van der Waals surface area contributed by atoms with Gasteiger partial charge >= 0.3 is 11.9 Å². The first-order valence-electron chi connectivity index (χ1n) is 20.5. The van der Waals surface area contributed by atoms with Gasteiger partial charge in [-0.25, -0.2) is 4.79 Å². The van der Waals surface area contributed by atoms with Crippen molar-refractivity contribution in [2.24, 2.45) is 11.5 Å². The van der Waals surface area contributed by atoms with E-state index in [4.69, 9.17) is 35.5 Å². The van der Waals surface area contributed by atoms with E-state index in [0.717, 1.165) is 13.8 Å².